The molecule has 0 saturated heterocycles. The monoisotopic (exact) mass is 276 g/mol. The van der Waals surface area contributed by atoms with Gasteiger partial charge in [-0.05, 0) is 6.42 Å². The Morgan fingerprint density at radius 3 is 2.44 bits per heavy atom. The Morgan fingerprint density at radius 2 is 2.06 bits per heavy atom. The fourth-order valence-corrected chi connectivity index (χ4v) is 1.87. The smallest absolute Gasteiger partial charge is 0.323 e. The third-order valence-electron chi connectivity index (χ3n) is 2.04. The minimum absolute atomic E-state index is 0.0711. The van der Waals surface area contributed by atoms with Crippen LogP contribution in [0.5, 0.6) is 0 Å². The Balaban J connectivity index is 4.57. The highest BCUT2D eigenvalue weighted by Crippen LogP contribution is 2.00. The van der Waals surface area contributed by atoms with E-state index in [9.17, 15) is 18.0 Å². The standard InChI is InChI=1S/C10H16N2O5S/c1-3-5-12(7-9(13)14)10(15)8(11)4-6-18(2,16)17/h1,8H,4-7,11H2,2H3,(H,13,14). The van der Waals surface area contributed by atoms with Crippen molar-refractivity contribution in [1.82, 2.24) is 4.90 Å². The fraction of sp³-hybridized carbons (Fsp3) is 0.600. The molecule has 8 heteroatoms. The van der Waals surface area contributed by atoms with Gasteiger partial charge in [-0.25, -0.2) is 8.42 Å². The summed E-state index contributed by atoms with van der Waals surface area (Å²) in [6.07, 6.45) is 5.97. The number of terminal acetylenes is 1. The number of rotatable bonds is 7. The zero-order valence-electron chi connectivity index (χ0n) is 10.00. The summed E-state index contributed by atoms with van der Waals surface area (Å²) in [5.41, 5.74) is 5.51. The lowest BCUT2D eigenvalue weighted by Crippen LogP contribution is -2.46. The lowest BCUT2D eigenvalue weighted by molar-refractivity contribution is -0.144. The van der Waals surface area contributed by atoms with Crippen LogP contribution >= 0.6 is 0 Å². The predicted octanol–water partition coefficient (Wildman–Crippen LogP) is -1.71. The quantitative estimate of drug-likeness (QED) is 0.535. The number of amides is 1. The molecule has 0 aromatic rings. The molecule has 7 nitrogen and oxygen atoms in total. The van der Waals surface area contributed by atoms with E-state index in [4.69, 9.17) is 17.3 Å². The van der Waals surface area contributed by atoms with Crippen LogP contribution in [0.3, 0.4) is 0 Å². The van der Waals surface area contributed by atoms with Gasteiger partial charge in [-0.2, -0.15) is 0 Å². The molecule has 0 aromatic heterocycles. The molecule has 0 heterocycles. The minimum atomic E-state index is -3.22. The maximum absolute atomic E-state index is 11.7. The summed E-state index contributed by atoms with van der Waals surface area (Å²) in [6, 6.07) is -1.08. The van der Waals surface area contributed by atoms with Crippen molar-refractivity contribution in [1.29, 1.82) is 0 Å². The van der Waals surface area contributed by atoms with Crippen molar-refractivity contribution in [2.45, 2.75) is 12.5 Å². The first-order valence-electron chi connectivity index (χ1n) is 5.04. The van der Waals surface area contributed by atoms with Crippen LogP contribution in [0, 0.1) is 12.3 Å². The maximum Gasteiger partial charge on any atom is 0.323 e. The van der Waals surface area contributed by atoms with Gasteiger partial charge in [-0.15, -0.1) is 6.42 Å². The van der Waals surface area contributed by atoms with Crippen molar-refractivity contribution in [3.8, 4) is 12.3 Å². The van der Waals surface area contributed by atoms with Gasteiger partial charge in [0.25, 0.3) is 0 Å². The van der Waals surface area contributed by atoms with Gasteiger partial charge in [-0.1, -0.05) is 5.92 Å². The Kier molecular flexibility index (Phi) is 6.36. The number of carbonyl (C=O) groups excluding carboxylic acids is 1. The lowest BCUT2D eigenvalue weighted by atomic mass is 10.2. The first-order valence-corrected chi connectivity index (χ1v) is 7.10. The van der Waals surface area contributed by atoms with Gasteiger partial charge in [-0.3, -0.25) is 9.59 Å². The largest absolute Gasteiger partial charge is 0.480 e. The molecule has 0 saturated carbocycles. The SMILES string of the molecule is C#CCN(CC(=O)O)C(=O)C(N)CCS(C)(=O)=O. The van der Waals surface area contributed by atoms with Gasteiger partial charge >= 0.3 is 5.97 Å². The van der Waals surface area contributed by atoms with E-state index in [0.29, 0.717) is 0 Å². The zero-order valence-corrected chi connectivity index (χ0v) is 10.8. The van der Waals surface area contributed by atoms with Gasteiger partial charge in [0.2, 0.25) is 5.91 Å². The summed E-state index contributed by atoms with van der Waals surface area (Å²) < 4.78 is 21.8. The molecule has 102 valence electrons. The number of carboxylic acid groups (broad SMARTS) is 1. The van der Waals surface area contributed by atoms with Crippen molar-refractivity contribution in [3.05, 3.63) is 0 Å². The Morgan fingerprint density at radius 1 is 1.50 bits per heavy atom. The second-order valence-electron chi connectivity index (χ2n) is 3.82. The van der Waals surface area contributed by atoms with Gasteiger partial charge in [0.15, 0.2) is 0 Å². The van der Waals surface area contributed by atoms with E-state index in [1.165, 1.54) is 0 Å². The number of hydrogen-bond donors (Lipinski definition) is 2. The number of nitrogens with two attached hydrogens (primary N) is 1. The van der Waals surface area contributed by atoms with Crippen LogP contribution in [0.25, 0.3) is 0 Å². The molecule has 1 atom stereocenters. The van der Waals surface area contributed by atoms with Crippen LogP contribution in [-0.4, -0.2) is 61.4 Å². The average molecular weight is 276 g/mol. The minimum Gasteiger partial charge on any atom is -0.480 e. The number of nitrogens with zero attached hydrogens (tertiary/aromatic N) is 1. The number of sulfone groups is 1. The van der Waals surface area contributed by atoms with Gasteiger partial charge < -0.3 is 15.7 Å². The average Bonchev–Trinajstić information content (AvgIpc) is 2.22. The van der Waals surface area contributed by atoms with Gasteiger partial charge in [0.05, 0.1) is 18.3 Å². The third kappa shape index (κ3) is 6.88. The molecular weight excluding hydrogens is 260 g/mol. The number of carboxylic acids is 1. The van der Waals surface area contributed by atoms with Crippen LogP contribution in [0.4, 0.5) is 0 Å². The van der Waals surface area contributed by atoms with E-state index in [1.54, 1.807) is 0 Å². The first kappa shape index (κ1) is 16.4. The molecule has 0 aliphatic heterocycles. The molecule has 0 aromatic carbocycles. The zero-order chi connectivity index (χ0) is 14.3. The van der Waals surface area contributed by atoms with Crippen LogP contribution in [0.15, 0.2) is 0 Å². The van der Waals surface area contributed by atoms with Gasteiger partial charge in [0, 0.05) is 6.26 Å². The topological polar surface area (TPSA) is 118 Å². The molecule has 1 amide bonds. The van der Waals surface area contributed by atoms with Crippen LogP contribution in [-0.2, 0) is 19.4 Å². The molecule has 0 radical (unpaired) electrons. The Labute approximate surface area is 106 Å². The summed E-state index contributed by atoms with van der Waals surface area (Å²) in [6.45, 7) is -0.743. The summed E-state index contributed by atoms with van der Waals surface area (Å²) in [5.74, 6) is 0.0285. The maximum atomic E-state index is 11.7. The van der Waals surface area contributed by atoms with Crippen LogP contribution in [0.2, 0.25) is 0 Å². The predicted molar refractivity (Wildman–Crippen MR) is 65.4 cm³/mol. The molecule has 0 fully saturated rings. The van der Waals surface area contributed by atoms with Crippen molar-refractivity contribution in [2.75, 3.05) is 25.1 Å². The first-order chi connectivity index (χ1) is 8.17. The number of hydrogen-bond acceptors (Lipinski definition) is 5. The van der Waals surface area contributed by atoms with E-state index in [-0.39, 0.29) is 18.7 Å². The molecule has 0 rings (SSSR count). The second-order valence-corrected chi connectivity index (χ2v) is 6.08. The molecular formula is C10H16N2O5S. The molecule has 0 aliphatic carbocycles. The van der Waals surface area contributed by atoms with Crippen LogP contribution < -0.4 is 5.73 Å². The van der Waals surface area contributed by atoms with Crippen molar-refractivity contribution >= 4 is 21.7 Å². The Bertz CT molecular complexity index is 451. The molecule has 0 bridgehead atoms. The highest BCUT2D eigenvalue weighted by Gasteiger charge is 2.23. The highest BCUT2D eigenvalue weighted by molar-refractivity contribution is 7.90. The van der Waals surface area contributed by atoms with Crippen molar-refractivity contribution < 1.29 is 23.1 Å². The van der Waals surface area contributed by atoms with E-state index in [2.05, 4.69) is 5.92 Å². The van der Waals surface area contributed by atoms with Crippen LogP contribution in [0.1, 0.15) is 6.42 Å². The van der Waals surface area contributed by atoms with Crippen molar-refractivity contribution in [3.63, 3.8) is 0 Å². The Hall–Kier alpha value is -1.59. The normalized spacial score (nSPS) is 12.5. The summed E-state index contributed by atoms with van der Waals surface area (Å²) in [4.78, 5) is 23.2. The van der Waals surface area contributed by atoms with Gasteiger partial charge in [0.1, 0.15) is 16.4 Å². The highest BCUT2D eigenvalue weighted by atomic mass is 32.2. The lowest BCUT2D eigenvalue weighted by Gasteiger charge is -2.21. The summed E-state index contributed by atoms with van der Waals surface area (Å²) in [7, 11) is -3.22. The molecule has 0 aliphatic rings. The second kappa shape index (κ2) is 6.98. The third-order valence-corrected chi connectivity index (χ3v) is 3.01. The molecule has 0 spiro atoms. The summed E-state index contributed by atoms with van der Waals surface area (Å²) >= 11 is 0. The van der Waals surface area contributed by atoms with E-state index in [0.717, 1.165) is 11.2 Å². The number of aliphatic carboxylic acids is 1. The van der Waals surface area contributed by atoms with E-state index >= 15 is 0 Å². The van der Waals surface area contributed by atoms with E-state index in [1.807, 2.05) is 0 Å². The summed E-state index contributed by atoms with van der Waals surface area (Å²) in [5, 5.41) is 8.60. The molecule has 1 unspecified atom stereocenters. The number of carbonyl (C=O) groups is 2. The van der Waals surface area contributed by atoms with Crippen molar-refractivity contribution in [2.24, 2.45) is 5.73 Å². The molecule has 3 N–H and O–H groups in total. The van der Waals surface area contributed by atoms with E-state index < -0.39 is 34.3 Å². The molecule has 18 heavy (non-hydrogen) atoms. The fourth-order valence-electron chi connectivity index (χ4n) is 1.18.